The van der Waals surface area contributed by atoms with Crippen molar-refractivity contribution in [3.8, 4) is 5.75 Å². The normalized spacial score (nSPS) is 20.6. The van der Waals surface area contributed by atoms with Gasteiger partial charge in [0.25, 0.3) is 5.91 Å². The summed E-state index contributed by atoms with van der Waals surface area (Å²) in [5, 5.41) is 3.23. The minimum Gasteiger partial charge on any atom is -0.495 e. The smallest absolute Gasteiger partial charge is 0.255 e. The molecule has 0 spiro atoms. The number of fused-ring (bicyclic) bond motifs is 1. The summed E-state index contributed by atoms with van der Waals surface area (Å²) in [6, 6.07) is 11.4. The van der Waals surface area contributed by atoms with Crippen LogP contribution in [-0.2, 0) is 9.59 Å². The number of nitrogens with zero attached hydrogens (tertiary/aromatic N) is 1. The van der Waals surface area contributed by atoms with Gasteiger partial charge in [-0.3, -0.25) is 19.3 Å². The number of imide groups is 1. The Morgan fingerprint density at radius 2 is 1.90 bits per heavy atom. The van der Waals surface area contributed by atoms with E-state index in [0.29, 0.717) is 40.6 Å². The molecule has 2 aliphatic rings. The van der Waals surface area contributed by atoms with Crippen LogP contribution in [0, 0.1) is 11.8 Å². The van der Waals surface area contributed by atoms with E-state index in [9.17, 15) is 14.4 Å². The Balaban J connectivity index is 1.59. The molecule has 0 unspecified atom stereocenters. The number of anilines is 2. The number of amides is 3. The summed E-state index contributed by atoms with van der Waals surface area (Å²) in [6.07, 6.45) is 3.20. The lowest BCUT2D eigenvalue weighted by atomic mass is 9.82. The minimum atomic E-state index is -0.397. The highest BCUT2D eigenvalue weighted by atomic mass is 35.5. The first-order valence-electron chi connectivity index (χ1n) is 9.67. The molecule has 2 aromatic carbocycles. The second kappa shape index (κ2) is 7.95. The van der Waals surface area contributed by atoms with Gasteiger partial charge in [-0.15, -0.1) is 0 Å². The van der Waals surface area contributed by atoms with Crippen LogP contribution in [0.5, 0.6) is 5.75 Å². The number of allylic oxidation sites excluding steroid dienone is 2. The van der Waals surface area contributed by atoms with Gasteiger partial charge in [-0.1, -0.05) is 29.3 Å². The SMILES string of the molecule is COc1ccc(Cl)cc1NC(=O)c1cccc(N2C(=O)[C@H]3CC=C(C)C[C@@H]3C2=O)c1. The lowest BCUT2D eigenvalue weighted by Gasteiger charge is -2.18. The van der Waals surface area contributed by atoms with Crippen molar-refractivity contribution in [3.05, 3.63) is 64.7 Å². The second-order valence-electron chi connectivity index (χ2n) is 7.56. The molecule has 0 radical (unpaired) electrons. The van der Waals surface area contributed by atoms with Gasteiger partial charge in [-0.25, -0.2) is 0 Å². The van der Waals surface area contributed by atoms with Crippen molar-refractivity contribution in [2.75, 3.05) is 17.3 Å². The lowest BCUT2D eigenvalue weighted by molar-refractivity contribution is -0.122. The summed E-state index contributed by atoms with van der Waals surface area (Å²) in [4.78, 5) is 39.9. The molecule has 1 heterocycles. The van der Waals surface area contributed by atoms with Gasteiger partial charge in [-0.2, -0.15) is 0 Å². The third kappa shape index (κ3) is 3.59. The number of benzene rings is 2. The van der Waals surface area contributed by atoms with Crippen molar-refractivity contribution in [2.24, 2.45) is 11.8 Å². The van der Waals surface area contributed by atoms with Crippen LogP contribution >= 0.6 is 11.6 Å². The molecule has 4 rings (SSSR count). The molecule has 1 aliphatic heterocycles. The summed E-state index contributed by atoms with van der Waals surface area (Å²) < 4.78 is 5.26. The Bertz CT molecular complexity index is 1080. The fourth-order valence-electron chi connectivity index (χ4n) is 4.05. The van der Waals surface area contributed by atoms with Crippen LogP contribution < -0.4 is 15.0 Å². The summed E-state index contributed by atoms with van der Waals surface area (Å²) >= 11 is 6.02. The van der Waals surface area contributed by atoms with Crippen LogP contribution in [0.25, 0.3) is 0 Å². The fourth-order valence-corrected chi connectivity index (χ4v) is 4.22. The maximum atomic E-state index is 12.9. The molecule has 0 saturated carbocycles. The monoisotopic (exact) mass is 424 g/mol. The summed E-state index contributed by atoms with van der Waals surface area (Å²) in [6.45, 7) is 1.98. The van der Waals surface area contributed by atoms with E-state index < -0.39 is 5.91 Å². The van der Waals surface area contributed by atoms with Gasteiger partial charge >= 0.3 is 0 Å². The highest BCUT2D eigenvalue weighted by Gasteiger charge is 2.48. The Morgan fingerprint density at radius 1 is 1.13 bits per heavy atom. The number of nitrogens with one attached hydrogen (secondary N) is 1. The predicted octanol–water partition coefficient (Wildman–Crippen LogP) is 4.45. The maximum Gasteiger partial charge on any atom is 0.255 e. The Hall–Kier alpha value is -3.12. The van der Waals surface area contributed by atoms with Gasteiger partial charge < -0.3 is 10.1 Å². The molecule has 154 valence electrons. The number of carbonyl (C=O) groups excluding carboxylic acids is 3. The Labute approximate surface area is 179 Å². The molecular formula is C23H21ClN2O4. The molecule has 2 atom stereocenters. The number of methoxy groups -OCH3 is 1. The van der Waals surface area contributed by atoms with Gasteiger partial charge in [0.1, 0.15) is 5.75 Å². The van der Waals surface area contributed by atoms with E-state index >= 15 is 0 Å². The first-order valence-corrected chi connectivity index (χ1v) is 10.0. The van der Waals surface area contributed by atoms with E-state index in [1.54, 1.807) is 42.5 Å². The molecule has 3 amide bonds. The van der Waals surface area contributed by atoms with Gasteiger partial charge in [0.15, 0.2) is 0 Å². The number of hydrogen-bond acceptors (Lipinski definition) is 4. The van der Waals surface area contributed by atoms with Crippen molar-refractivity contribution < 1.29 is 19.1 Å². The Morgan fingerprint density at radius 3 is 2.67 bits per heavy atom. The van der Waals surface area contributed by atoms with E-state index in [0.717, 1.165) is 5.57 Å². The number of ether oxygens (including phenoxy) is 1. The van der Waals surface area contributed by atoms with Gasteiger partial charge in [0.05, 0.1) is 30.3 Å². The average Bonchev–Trinajstić information content (AvgIpc) is 2.98. The van der Waals surface area contributed by atoms with Crippen LogP contribution in [0.3, 0.4) is 0 Å². The molecule has 1 saturated heterocycles. The first-order chi connectivity index (χ1) is 14.4. The van der Waals surface area contributed by atoms with E-state index in [-0.39, 0.29) is 23.7 Å². The summed E-state index contributed by atoms with van der Waals surface area (Å²) in [5.74, 6) is -0.980. The van der Waals surface area contributed by atoms with Crippen LogP contribution in [0.1, 0.15) is 30.1 Å². The summed E-state index contributed by atoms with van der Waals surface area (Å²) in [5.41, 5.74) is 2.28. The Kier molecular flexibility index (Phi) is 5.35. The topological polar surface area (TPSA) is 75.7 Å². The molecule has 0 bridgehead atoms. The standard InChI is InChI=1S/C23H21ClN2O4/c1-13-6-8-17-18(10-13)23(29)26(22(17)28)16-5-3-4-14(11-16)21(27)25-19-12-15(24)7-9-20(19)30-2/h3-7,9,11-12,17-18H,8,10H2,1-2H3,(H,25,27)/t17-,18-/m0/s1. The van der Waals surface area contributed by atoms with Crippen LogP contribution in [0.2, 0.25) is 5.02 Å². The lowest BCUT2D eigenvalue weighted by Crippen LogP contribution is -2.31. The van der Waals surface area contributed by atoms with Crippen LogP contribution in [-0.4, -0.2) is 24.8 Å². The fraction of sp³-hybridized carbons (Fsp3) is 0.261. The zero-order valence-corrected chi connectivity index (χ0v) is 17.4. The largest absolute Gasteiger partial charge is 0.495 e. The molecule has 0 aromatic heterocycles. The molecule has 30 heavy (non-hydrogen) atoms. The molecule has 1 N–H and O–H groups in total. The summed E-state index contributed by atoms with van der Waals surface area (Å²) in [7, 11) is 1.50. The molecule has 2 aromatic rings. The zero-order chi connectivity index (χ0) is 21.4. The third-order valence-corrected chi connectivity index (χ3v) is 5.83. The van der Waals surface area contributed by atoms with Crippen LogP contribution in [0.4, 0.5) is 11.4 Å². The van der Waals surface area contributed by atoms with Gasteiger partial charge in [0, 0.05) is 10.6 Å². The maximum absolute atomic E-state index is 12.9. The average molecular weight is 425 g/mol. The van der Waals surface area contributed by atoms with E-state index in [1.807, 2.05) is 13.0 Å². The van der Waals surface area contributed by atoms with Crippen LogP contribution in [0.15, 0.2) is 54.1 Å². The molecule has 6 nitrogen and oxygen atoms in total. The van der Waals surface area contributed by atoms with Crippen molar-refractivity contribution in [2.45, 2.75) is 19.8 Å². The first kappa shape index (κ1) is 20.2. The molecular weight excluding hydrogens is 404 g/mol. The quantitative estimate of drug-likeness (QED) is 0.581. The number of hydrogen-bond donors (Lipinski definition) is 1. The zero-order valence-electron chi connectivity index (χ0n) is 16.6. The molecule has 1 aliphatic carbocycles. The van der Waals surface area contributed by atoms with Crippen molar-refractivity contribution in [1.82, 2.24) is 0 Å². The van der Waals surface area contributed by atoms with Crippen molar-refractivity contribution >= 4 is 40.7 Å². The molecule has 1 fully saturated rings. The number of halogens is 1. The second-order valence-corrected chi connectivity index (χ2v) is 8.00. The van der Waals surface area contributed by atoms with Gasteiger partial charge in [0.2, 0.25) is 11.8 Å². The van der Waals surface area contributed by atoms with Gasteiger partial charge in [-0.05, 0) is 56.2 Å². The predicted molar refractivity (Wildman–Crippen MR) is 115 cm³/mol. The highest BCUT2D eigenvalue weighted by molar-refractivity contribution is 6.31. The van der Waals surface area contributed by atoms with Crippen molar-refractivity contribution in [1.29, 1.82) is 0 Å². The van der Waals surface area contributed by atoms with E-state index in [4.69, 9.17) is 16.3 Å². The van der Waals surface area contributed by atoms with Crippen molar-refractivity contribution in [3.63, 3.8) is 0 Å². The third-order valence-electron chi connectivity index (χ3n) is 5.60. The van der Waals surface area contributed by atoms with E-state index in [2.05, 4.69) is 5.32 Å². The highest BCUT2D eigenvalue weighted by Crippen LogP contribution is 2.40. The number of rotatable bonds is 4. The molecule has 7 heteroatoms. The van der Waals surface area contributed by atoms with E-state index in [1.165, 1.54) is 12.0 Å². The number of carbonyl (C=O) groups is 3. The minimum absolute atomic E-state index is 0.202.